The van der Waals surface area contributed by atoms with E-state index in [1.807, 2.05) is 41.2 Å². The van der Waals surface area contributed by atoms with Crippen molar-refractivity contribution in [3.8, 4) is 5.69 Å². The maximum absolute atomic E-state index is 12.7. The number of carbonyl (C=O) groups is 1. The fourth-order valence-electron chi connectivity index (χ4n) is 2.13. The summed E-state index contributed by atoms with van der Waals surface area (Å²) in [7, 11) is 1.74. The number of para-hydroxylation sites is 1. The summed E-state index contributed by atoms with van der Waals surface area (Å²) in [5.41, 5.74) is 1.44. The Morgan fingerprint density at radius 1 is 1.41 bits per heavy atom. The smallest absolute Gasteiger partial charge is 0.272 e. The number of aliphatic hydroxyl groups excluding tert-OH is 1. The van der Waals surface area contributed by atoms with E-state index in [1.165, 1.54) is 11.8 Å². The molecular weight excluding hydrogens is 298 g/mol. The summed E-state index contributed by atoms with van der Waals surface area (Å²) in [6, 6.07) is 9.72. The predicted octanol–water partition coefficient (Wildman–Crippen LogP) is 2.44. The molecule has 1 aromatic heterocycles. The first-order valence-corrected chi connectivity index (χ1v) is 8.37. The van der Waals surface area contributed by atoms with Crippen LogP contribution in [0.3, 0.4) is 0 Å². The van der Waals surface area contributed by atoms with Gasteiger partial charge in [0.05, 0.1) is 12.3 Å². The first-order chi connectivity index (χ1) is 10.5. The van der Waals surface area contributed by atoms with Crippen LogP contribution < -0.4 is 0 Å². The third-order valence-electron chi connectivity index (χ3n) is 3.37. The monoisotopic (exact) mass is 319 g/mol. The van der Waals surface area contributed by atoms with Gasteiger partial charge < -0.3 is 10.0 Å². The average molecular weight is 319 g/mol. The molecule has 0 spiro atoms. The minimum Gasteiger partial charge on any atom is -0.393 e. The van der Waals surface area contributed by atoms with E-state index >= 15 is 0 Å². The number of benzene rings is 1. The molecule has 0 aliphatic heterocycles. The lowest BCUT2D eigenvalue weighted by atomic mass is 10.2. The molecule has 22 heavy (non-hydrogen) atoms. The van der Waals surface area contributed by atoms with Gasteiger partial charge >= 0.3 is 0 Å². The van der Waals surface area contributed by atoms with Crippen molar-refractivity contribution in [3.63, 3.8) is 0 Å². The number of hydrogen-bond acceptors (Lipinski definition) is 4. The van der Waals surface area contributed by atoms with Crippen molar-refractivity contribution in [1.29, 1.82) is 0 Å². The van der Waals surface area contributed by atoms with Crippen molar-refractivity contribution < 1.29 is 9.90 Å². The van der Waals surface area contributed by atoms with Gasteiger partial charge in [0.25, 0.3) is 5.91 Å². The van der Waals surface area contributed by atoms with Gasteiger partial charge in [-0.1, -0.05) is 30.0 Å². The number of amides is 1. The largest absolute Gasteiger partial charge is 0.393 e. The molecule has 118 valence electrons. The van der Waals surface area contributed by atoms with Crippen LogP contribution in [-0.2, 0) is 0 Å². The lowest BCUT2D eigenvalue weighted by Gasteiger charge is -2.19. The van der Waals surface area contributed by atoms with Gasteiger partial charge in [0, 0.05) is 19.3 Å². The van der Waals surface area contributed by atoms with Crippen LogP contribution in [0.25, 0.3) is 5.69 Å². The third kappa shape index (κ3) is 3.69. The zero-order valence-corrected chi connectivity index (χ0v) is 13.9. The quantitative estimate of drug-likeness (QED) is 0.831. The van der Waals surface area contributed by atoms with E-state index in [0.29, 0.717) is 18.7 Å². The topological polar surface area (TPSA) is 58.4 Å². The van der Waals surface area contributed by atoms with Crippen LogP contribution in [0.1, 0.15) is 23.8 Å². The number of nitrogens with zero attached hydrogens (tertiary/aromatic N) is 3. The molecular formula is C16H21N3O2S. The van der Waals surface area contributed by atoms with Gasteiger partial charge in [0.15, 0.2) is 5.16 Å². The van der Waals surface area contributed by atoms with Gasteiger partial charge in [-0.3, -0.25) is 9.36 Å². The highest BCUT2D eigenvalue weighted by Crippen LogP contribution is 2.22. The summed E-state index contributed by atoms with van der Waals surface area (Å²) in [5.74, 6) is -0.0997. The first kappa shape index (κ1) is 16.6. The molecule has 0 fully saturated rings. The molecule has 0 radical (unpaired) electrons. The van der Waals surface area contributed by atoms with E-state index in [9.17, 15) is 9.90 Å². The van der Waals surface area contributed by atoms with Crippen molar-refractivity contribution in [2.24, 2.45) is 0 Å². The molecule has 1 aromatic carbocycles. The summed E-state index contributed by atoms with van der Waals surface area (Å²) in [6.07, 6.45) is 3.68. The van der Waals surface area contributed by atoms with Gasteiger partial charge in [-0.25, -0.2) is 4.98 Å². The molecule has 1 unspecified atom stereocenters. The van der Waals surface area contributed by atoms with Crippen LogP contribution in [0.5, 0.6) is 0 Å². The van der Waals surface area contributed by atoms with Gasteiger partial charge in [-0.15, -0.1) is 0 Å². The lowest BCUT2D eigenvalue weighted by molar-refractivity contribution is 0.0760. The minimum atomic E-state index is -0.420. The normalized spacial score (nSPS) is 12.2. The molecule has 5 nitrogen and oxygen atoms in total. The number of hydrogen-bond donors (Lipinski definition) is 1. The number of thioether (sulfide) groups is 1. The Balaban J connectivity index is 2.32. The van der Waals surface area contributed by atoms with Crippen LogP contribution in [0.4, 0.5) is 0 Å². The van der Waals surface area contributed by atoms with E-state index < -0.39 is 6.10 Å². The second-order valence-corrected chi connectivity index (χ2v) is 5.94. The Kier molecular flexibility index (Phi) is 5.63. The SMILES string of the molecule is CSc1ncc(C(=O)N(C)CCC(C)O)n1-c1ccccc1. The fraction of sp³-hybridized carbons (Fsp3) is 0.375. The number of aliphatic hydroxyl groups is 1. The number of carbonyl (C=O) groups excluding carboxylic acids is 1. The number of aromatic nitrogens is 2. The second kappa shape index (κ2) is 7.47. The van der Waals surface area contributed by atoms with E-state index in [0.717, 1.165) is 10.8 Å². The first-order valence-electron chi connectivity index (χ1n) is 7.15. The number of imidazole rings is 1. The maximum Gasteiger partial charge on any atom is 0.272 e. The Bertz CT molecular complexity index is 626. The maximum atomic E-state index is 12.7. The van der Waals surface area contributed by atoms with Crippen LogP contribution in [0, 0.1) is 0 Å². The van der Waals surface area contributed by atoms with Gasteiger partial charge in [-0.2, -0.15) is 0 Å². The van der Waals surface area contributed by atoms with Crippen LogP contribution in [0.2, 0.25) is 0 Å². The predicted molar refractivity (Wildman–Crippen MR) is 88.6 cm³/mol. The summed E-state index contributed by atoms with van der Waals surface area (Å²) >= 11 is 1.50. The molecule has 2 rings (SSSR count). The van der Waals surface area contributed by atoms with E-state index in [-0.39, 0.29) is 5.91 Å². The molecule has 1 atom stereocenters. The Morgan fingerprint density at radius 3 is 2.68 bits per heavy atom. The average Bonchev–Trinajstić information content (AvgIpc) is 2.96. The second-order valence-electron chi connectivity index (χ2n) is 5.17. The summed E-state index contributed by atoms with van der Waals surface area (Å²) in [4.78, 5) is 18.6. The van der Waals surface area contributed by atoms with Gasteiger partial charge in [-0.05, 0) is 31.7 Å². The molecule has 1 amide bonds. The molecule has 0 aliphatic rings. The lowest BCUT2D eigenvalue weighted by Crippen LogP contribution is -2.31. The molecule has 1 heterocycles. The highest BCUT2D eigenvalue weighted by molar-refractivity contribution is 7.98. The van der Waals surface area contributed by atoms with Crippen LogP contribution in [-0.4, -0.2) is 51.4 Å². The minimum absolute atomic E-state index is 0.0997. The van der Waals surface area contributed by atoms with Gasteiger partial charge in [0.1, 0.15) is 5.69 Å². The highest BCUT2D eigenvalue weighted by Gasteiger charge is 2.20. The van der Waals surface area contributed by atoms with E-state index in [4.69, 9.17) is 0 Å². The molecule has 0 aliphatic carbocycles. The van der Waals surface area contributed by atoms with Crippen molar-refractivity contribution in [3.05, 3.63) is 42.2 Å². The Hall–Kier alpha value is -1.79. The van der Waals surface area contributed by atoms with Crippen molar-refractivity contribution >= 4 is 17.7 Å². The number of rotatable bonds is 6. The summed E-state index contributed by atoms with van der Waals surface area (Å²) < 4.78 is 1.87. The van der Waals surface area contributed by atoms with Crippen LogP contribution in [0.15, 0.2) is 41.7 Å². The zero-order chi connectivity index (χ0) is 16.1. The standard InChI is InChI=1S/C16H21N3O2S/c1-12(20)9-10-18(2)15(21)14-11-17-16(22-3)19(14)13-7-5-4-6-8-13/h4-8,11-12,20H,9-10H2,1-3H3. The Labute approximate surface area is 135 Å². The van der Waals surface area contributed by atoms with Crippen molar-refractivity contribution in [2.45, 2.75) is 24.6 Å². The molecule has 1 N–H and O–H groups in total. The summed E-state index contributed by atoms with van der Waals surface area (Å²) in [5, 5.41) is 10.1. The molecule has 0 bridgehead atoms. The molecule has 0 saturated carbocycles. The van der Waals surface area contributed by atoms with Crippen LogP contribution >= 0.6 is 11.8 Å². The highest BCUT2D eigenvalue weighted by atomic mass is 32.2. The molecule has 0 saturated heterocycles. The van der Waals surface area contributed by atoms with Crippen molar-refractivity contribution in [1.82, 2.24) is 14.5 Å². The van der Waals surface area contributed by atoms with Gasteiger partial charge in [0.2, 0.25) is 0 Å². The van der Waals surface area contributed by atoms with Crippen molar-refractivity contribution in [2.75, 3.05) is 19.8 Å². The summed E-state index contributed by atoms with van der Waals surface area (Å²) in [6.45, 7) is 2.23. The molecule has 6 heteroatoms. The fourth-order valence-corrected chi connectivity index (χ4v) is 2.68. The Morgan fingerprint density at radius 2 is 2.09 bits per heavy atom. The van der Waals surface area contributed by atoms with E-state index in [1.54, 1.807) is 25.1 Å². The van der Waals surface area contributed by atoms with E-state index in [2.05, 4.69) is 4.98 Å². The molecule has 2 aromatic rings. The third-order valence-corrected chi connectivity index (χ3v) is 4.03. The zero-order valence-electron chi connectivity index (χ0n) is 13.1.